The van der Waals surface area contributed by atoms with Crippen molar-refractivity contribution in [1.82, 2.24) is 4.98 Å². The van der Waals surface area contributed by atoms with Crippen LogP contribution in [0, 0.1) is 11.8 Å². The van der Waals surface area contributed by atoms with E-state index >= 15 is 0 Å². The van der Waals surface area contributed by atoms with E-state index in [1.807, 2.05) is 30.3 Å². The number of para-hydroxylation sites is 1. The number of nitrogens with zero attached hydrogens (tertiary/aromatic N) is 2. The molecule has 0 aliphatic rings. The Bertz CT molecular complexity index is 882. The lowest BCUT2D eigenvalue weighted by Crippen LogP contribution is -2.01. The standard InChI is InChI=1S/C18H15N3O2/c22-21-13-15-9-8-14(23-15)5-3-4-11-19-18-10-12-20-17-7-2-1-6-16(17)18/h1-2,6-10,12-13,22H,4,11H2,(H,19,20). The van der Waals surface area contributed by atoms with Crippen LogP contribution >= 0.6 is 0 Å². The molecule has 1 aromatic carbocycles. The van der Waals surface area contributed by atoms with Crippen molar-refractivity contribution in [1.29, 1.82) is 0 Å². The van der Waals surface area contributed by atoms with E-state index < -0.39 is 0 Å². The normalized spacial score (nSPS) is 10.6. The second-order valence-corrected chi connectivity index (χ2v) is 4.80. The fraction of sp³-hybridized carbons (Fsp3) is 0.111. The van der Waals surface area contributed by atoms with Crippen LogP contribution in [0.5, 0.6) is 0 Å². The Kier molecular flexibility index (Phi) is 4.55. The summed E-state index contributed by atoms with van der Waals surface area (Å²) in [6, 6.07) is 13.4. The highest BCUT2D eigenvalue weighted by atomic mass is 16.4. The van der Waals surface area contributed by atoms with Gasteiger partial charge >= 0.3 is 0 Å². The van der Waals surface area contributed by atoms with E-state index in [1.165, 1.54) is 6.21 Å². The van der Waals surface area contributed by atoms with Crippen molar-refractivity contribution in [3.63, 3.8) is 0 Å². The largest absolute Gasteiger partial charge is 0.447 e. The van der Waals surface area contributed by atoms with Crippen LogP contribution in [0.15, 0.2) is 58.2 Å². The van der Waals surface area contributed by atoms with Crippen molar-refractivity contribution in [2.45, 2.75) is 6.42 Å². The molecule has 0 saturated carbocycles. The van der Waals surface area contributed by atoms with Crippen LogP contribution in [-0.2, 0) is 0 Å². The molecule has 2 aromatic heterocycles. The topological polar surface area (TPSA) is 70.7 Å². The molecule has 5 heteroatoms. The fourth-order valence-corrected chi connectivity index (χ4v) is 2.21. The monoisotopic (exact) mass is 305 g/mol. The minimum Gasteiger partial charge on any atom is -0.447 e. The van der Waals surface area contributed by atoms with Gasteiger partial charge in [-0.25, -0.2) is 0 Å². The lowest BCUT2D eigenvalue weighted by Gasteiger charge is -2.07. The first-order valence-electron chi connectivity index (χ1n) is 7.20. The lowest BCUT2D eigenvalue weighted by molar-refractivity contribution is 0.320. The third kappa shape index (κ3) is 3.69. The lowest BCUT2D eigenvalue weighted by atomic mass is 10.2. The highest BCUT2D eigenvalue weighted by molar-refractivity contribution is 5.90. The van der Waals surface area contributed by atoms with Gasteiger partial charge in [0.15, 0.2) is 5.76 Å². The van der Waals surface area contributed by atoms with Crippen molar-refractivity contribution in [2.75, 3.05) is 11.9 Å². The molecule has 0 aliphatic carbocycles. The number of furan rings is 1. The zero-order chi connectivity index (χ0) is 15.9. The Morgan fingerprint density at radius 1 is 1.22 bits per heavy atom. The molecule has 0 fully saturated rings. The average Bonchev–Trinajstić information content (AvgIpc) is 3.02. The molecular formula is C18H15N3O2. The van der Waals surface area contributed by atoms with Crippen molar-refractivity contribution in [3.05, 3.63) is 60.2 Å². The first kappa shape index (κ1) is 14.7. The molecule has 23 heavy (non-hydrogen) atoms. The molecule has 0 spiro atoms. The van der Waals surface area contributed by atoms with E-state index in [4.69, 9.17) is 9.62 Å². The SMILES string of the molecule is ON=Cc1ccc(C#CCCNc2ccnc3ccccc23)o1. The number of anilines is 1. The molecule has 0 radical (unpaired) electrons. The van der Waals surface area contributed by atoms with Crippen molar-refractivity contribution < 1.29 is 9.62 Å². The van der Waals surface area contributed by atoms with Gasteiger partial charge in [-0.3, -0.25) is 4.98 Å². The number of rotatable bonds is 4. The van der Waals surface area contributed by atoms with E-state index in [1.54, 1.807) is 18.3 Å². The predicted octanol–water partition coefficient (Wildman–Crippen LogP) is 3.49. The molecular weight excluding hydrogens is 290 g/mol. The number of benzene rings is 1. The summed E-state index contributed by atoms with van der Waals surface area (Å²) in [6.07, 6.45) is 3.70. The Labute approximate surface area is 133 Å². The highest BCUT2D eigenvalue weighted by Crippen LogP contribution is 2.20. The van der Waals surface area contributed by atoms with Gasteiger partial charge < -0.3 is 14.9 Å². The molecule has 0 saturated heterocycles. The van der Waals surface area contributed by atoms with E-state index in [9.17, 15) is 0 Å². The van der Waals surface area contributed by atoms with Gasteiger partial charge in [-0.1, -0.05) is 29.3 Å². The van der Waals surface area contributed by atoms with Crippen LogP contribution < -0.4 is 5.32 Å². The number of oxime groups is 1. The Hall–Kier alpha value is -3.26. The smallest absolute Gasteiger partial charge is 0.177 e. The predicted molar refractivity (Wildman–Crippen MR) is 89.8 cm³/mol. The zero-order valence-corrected chi connectivity index (χ0v) is 12.4. The second-order valence-electron chi connectivity index (χ2n) is 4.80. The molecule has 0 unspecified atom stereocenters. The summed E-state index contributed by atoms with van der Waals surface area (Å²) in [7, 11) is 0. The van der Waals surface area contributed by atoms with Gasteiger partial charge in [0.2, 0.25) is 0 Å². The summed E-state index contributed by atoms with van der Waals surface area (Å²) in [5, 5.41) is 15.8. The van der Waals surface area contributed by atoms with Crippen LogP contribution in [0.25, 0.3) is 10.9 Å². The van der Waals surface area contributed by atoms with Gasteiger partial charge in [0, 0.05) is 30.2 Å². The van der Waals surface area contributed by atoms with Crippen LogP contribution in [0.1, 0.15) is 17.9 Å². The maximum atomic E-state index is 8.42. The second kappa shape index (κ2) is 7.14. The van der Waals surface area contributed by atoms with Gasteiger partial charge in [0.25, 0.3) is 0 Å². The van der Waals surface area contributed by atoms with Crippen LogP contribution in [-0.4, -0.2) is 23.0 Å². The minimum atomic E-state index is 0.471. The third-order valence-electron chi connectivity index (χ3n) is 3.24. The maximum absolute atomic E-state index is 8.42. The van der Waals surface area contributed by atoms with E-state index in [0.29, 0.717) is 17.9 Å². The number of pyridine rings is 1. The Morgan fingerprint density at radius 3 is 3.04 bits per heavy atom. The summed E-state index contributed by atoms with van der Waals surface area (Å²) in [6.45, 7) is 0.729. The highest BCUT2D eigenvalue weighted by Gasteiger charge is 1.99. The quantitative estimate of drug-likeness (QED) is 0.254. The number of hydrogen-bond acceptors (Lipinski definition) is 5. The fourth-order valence-electron chi connectivity index (χ4n) is 2.21. The van der Waals surface area contributed by atoms with Crippen LogP contribution in [0.4, 0.5) is 5.69 Å². The molecule has 2 N–H and O–H groups in total. The van der Waals surface area contributed by atoms with Gasteiger partial charge in [-0.05, 0) is 30.2 Å². The third-order valence-corrected chi connectivity index (χ3v) is 3.24. The molecule has 2 heterocycles. The molecule has 114 valence electrons. The minimum absolute atomic E-state index is 0.471. The van der Waals surface area contributed by atoms with Gasteiger partial charge in [0.05, 0.1) is 5.52 Å². The number of aromatic nitrogens is 1. The summed E-state index contributed by atoms with van der Waals surface area (Å²) in [4.78, 5) is 4.33. The Morgan fingerprint density at radius 2 is 2.13 bits per heavy atom. The summed E-state index contributed by atoms with van der Waals surface area (Å²) >= 11 is 0. The zero-order valence-electron chi connectivity index (χ0n) is 12.4. The van der Waals surface area contributed by atoms with Gasteiger partial charge in [0.1, 0.15) is 12.0 Å². The molecule has 3 aromatic rings. The molecule has 0 aliphatic heterocycles. The average molecular weight is 305 g/mol. The first-order chi connectivity index (χ1) is 11.4. The molecule has 0 bridgehead atoms. The Balaban J connectivity index is 1.58. The van der Waals surface area contributed by atoms with E-state index in [2.05, 4.69) is 27.3 Å². The van der Waals surface area contributed by atoms with Gasteiger partial charge in [-0.2, -0.15) is 0 Å². The van der Waals surface area contributed by atoms with Crippen molar-refractivity contribution >= 4 is 22.8 Å². The number of fused-ring (bicyclic) bond motifs is 1. The van der Waals surface area contributed by atoms with Gasteiger partial charge in [-0.15, -0.1) is 0 Å². The molecule has 0 amide bonds. The summed E-state index contributed by atoms with van der Waals surface area (Å²) in [5.74, 6) is 7.00. The van der Waals surface area contributed by atoms with E-state index in [0.717, 1.165) is 23.1 Å². The maximum Gasteiger partial charge on any atom is 0.177 e. The summed E-state index contributed by atoms with van der Waals surface area (Å²) in [5.41, 5.74) is 2.02. The molecule has 5 nitrogen and oxygen atoms in total. The number of nitrogens with one attached hydrogen (secondary N) is 1. The molecule has 0 atom stereocenters. The van der Waals surface area contributed by atoms with Crippen LogP contribution in [0.2, 0.25) is 0 Å². The van der Waals surface area contributed by atoms with Crippen molar-refractivity contribution in [2.24, 2.45) is 5.16 Å². The molecule has 3 rings (SSSR count). The van der Waals surface area contributed by atoms with E-state index in [-0.39, 0.29) is 0 Å². The number of hydrogen-bond donors (Lipinski definition) is 2. The van der Waals surface area contributed by atoms with Crippen LogP contribution in [0.3, 0.4) is 0 Å². The van der Waals surface area contributed by atoms with Crippen molar-refractivity contribution in [3.8, 4) is 11.8 Å². The summed E-state index contributed by atoms with van der Waals surface area (Å²) < 4.78 is 5.33. The first-order valence-corrected chi connectivity index (χ1v) is 7.20.